The minimum absolute atomic E-state index is 0.697. The second-order valence-corrected chi connectivity index (χ2v) is 7.21. The van der Waals surface area contributed by atoms with Gasteiger partial charge in [0.2, 0.25) is 0 Å². The molecule has 0 aromatic heterocycles. The third-order valence-corrected chi connectivity index (χ3v) is 5.26. The summed E-state index contributed by atoms with van der Waals surface area (Å²) in [5.41, 5.74) is 1.96. The number of allylic oxidation sites excluding steroid dienone is 2. The zero-order chi connectivity index (χ0) is 15.1. The van der Waals surface area contributed by atoms with Crippen molar-refractivity contribution in [2.45, 2.75) is 59.3 Å². The molecule has 3 nitrogen and oxygen atoms in total. The lowest BCUT2D eigenvalue weighted by atomic mass is 10.4. The maximum Gasteiger partial charge on any atom is 0.529 e. The summed E-state index contributed by atoms with van der Waals surface area (Å²) >= 11 is 0. The third kappa shape index (κ3) is 9.48. The summed E-state index contributed by atoms with van der Waals surface area (Å²) in [5, 5.41) is 0. The van der Waals surface area contributed by atoms with Crippen LogP contribution in [0.2, 0.25) is 0 Å². The molecule has 0 bridgehead atoms. The van der Waals surface area contributed by atoms with Gasteiger partial charge in [-0.25, -0.2) is 0 Å². The van der Waals surface area contributed by atoms with E-state index in [1.807, 2.05) is 11.8 Å². The van der Waals surface area contributed by atoms with Crippen LogP contribution in [0.5, 0.6) is 0 Å². The Kier molecular flexibility index (Phi) is 13.3. The molecule has 0 saturated carbocycles. The normalized spacial score (nSPS) is 12.2. The summed E-state index contributed by atoms with van der Waals surface area (Å²) in [7, 11) is -2.68. The first-order valence-electron chi connectivity index (χ1n) is 7.96. The number of rotatable bonds is 14. The Morgan fingerprint density at radius 1 is 0.800 bits per heavy atom. The Morgan fingerprint density at radius 3 is 1.50 bits per heavy atom. The summed E-state index contributed by atoms with van der Waals surface area (Å²) < 4.78 is 18.1. The minimum Gasteiger partial charge on any atom is -0.370 e. The molecule has 0 N–H and O–H groups in total. The molecule has 0 aliphatic carbocycles. The van der Waals surface area contributed by atoms with Crippen LogP contribution in [0.15, 0.2) is 24.4 Å². The highest BCUT2D eigenvalue weighted by Crippen LogP contribution is 2.15. The fraction of sp³-hybridized carbons (Fsp3) is 0.750. The fourth-order valence-electron chi connectivity index (χ4n) is 1.53. The Hall–Kier alpha value is -0.423. The van der Waals surface area contributed by atoms with Gasteiger partial charge >= 0.3 is 8.80 Å². The van der Waals surface area contributed by atoms with Gasteiger partial charge in [0, 0.05) is 19.8 Å². The van der Waals surface area contributed by atoms with Gasteiger partial charge in [0.1, 0.15) is 0 Å². The van der Waals surface area contributed by atoms with Crippen LogP contribution in [0.1, 0.15) is 59.3 Å². The van der Waals surface area contributed by atoms with E-state index in [0.29, 0.717) is 19.8 Å². The molecule has 0 aromatic rings. The van der Waals surface area contributed by atoms with Crippen molar-refractivity contribution in [1.29, 1.82) is 0 Å². The molecule has 0 heterocycles. The highest BCUT2D eigenvalue weighted by molar-refractivity contribution is 6.66. The smallest absolute Gasteiger partial charge is 0.370 e. The summed E-state index contributed by atoms with van der Waals surface area (Å²) in [4.78, 5) is 0. The third-order valence-electron chi connectivity index (χ3n) is 2.84. The summed E-state index contributed by atoms with van der Waals surface area (Å²) in [5.74, 6) is 0. The first kappa shape index (κ1) is 19.6. The van der Waals surface area contributed by atoms with Crippen LogP contribution < -0.4 is 0 Å². The molecule has 4 heteroatoms. The van der Waals surface area contributed by atoms with E-state index >= 15 is 0 Å². The number of unbranched alkanes of at least 4 members (excludes halogenated alkanes) is 3. The molecule has 118 valence electrons. The molecule has 0 atom stereocenters. The van der Waals surface area contributed by atoms with Gasteiger partial charge < -0.3 is 13.3 Å². The fourth-order valence-corrected chi connectivity index (χ4v) is 3.73. The van der Waals surface area contributed by atoms with E-state index in [9.17, 15) is 0 Å². The van der Waals surface area contributed by atoms with Crippen molar-refractivity contribution in [3.63, 3.8) is 0 Å². The van der Waals surface area contributed by atoms with Crippen molar-refractivity contribution in [2.24, 2.45) is 0 Å². The molecule has 0 aromatic carbocycles. The minimum atomic E-state index is -2.68. The molecule has 0 amide bonds. The second-order valence-electron chi connectivity index (χ2n) is 4.80. The molecule has 0 rings (SSSR count). The zero-order valence-corrected chi connectivity index (χ0v) is 14.5. The van der Waals surface area contributed by atoms with Crippen LogP contribution in [0.4, 0.5) is 0 Å². The van der Waals surface area contributed by atoms with Crippen LogP contribution in [-0.4, -0.2) is 28.6 Å². The van der Waals surface area contributed by atoms with Gasteiger partial charge in [-0.3, -0.25) is 0 Å². The lowest BCUT2D eigenvalue weighted by Crippen LogP contribution is -2.45. The van der Waals surface area contributed by atoms with Gasteiger partial charge in [-0.15, -0.1) is 0 Å². The van der Waals surface area contributed by atoms with Gasteiger partial charge in [0.05, 0.1) is 0 Å². The highest BCUT2D eigenvalue weighted by atomic mass is 28.4. The maximum atomic E-state index is 6.03. The largest absolute Gasteiger partial charge is 0.529 e. The Bertz CT molecular complexity index is 228. The van der Waals surface area contributed by atoms with Gasteiger partial charge in [0.25, 0.3) is 0 Å². The molecule has 0 spiro atoms. The van der Waals surface area contributed by atoms with E-state index < -0.39 is 8.80 Å². The van der Waals surface area contributed by atoms with Crippen molar-refractivity contribution in [1.82, 2.24) is 0 Å². The number of hydrogen-bond donors (Lipinski definition) is 0. The van der Waals surface area contributed by atoms with E-state index in [1.165, 1.54) is 0 Å². The predicted octanol–water partition coefficient (Wildman–Crippen LogP) is 4.66. The standard InChI is InChI=1S/C16H32O3Si/c1-5-9-13-17-20(16-12-8-4,18-14-10-6-2)19-15-11-7-3/h8,12,16H,4-7,9-11,13-15H2,1-3H3. The molecule has 0 fully saturated rings. The van der Waals surface area contributed by atoms with E-state index in [4.69, 9.17) is 13.3 Å². The molecular weight excluding hydrogens is 268 g/mol. The van der Waals surface area contributed by atoms with E-state index in [-0.39, 0.29) is 0 Å². The average Bonchev–Trinajstić information content (AvgIpc) is 2.46. The predicted molar refractivity (Wildman–Crippen MR) is 87.7 cm³/mol. The van der Waals surface area contributed by atoms with Gasteiger partial charge in [-0.1, -0.05) is 58.8 Å². The molecule has 0 saturated heterocycles. The van der Waals surface area contributed by atoms with Crippen molar-refractivity contribution in [3.05, 3.63) is 24.4 Å². The van der Waals surface area contributed by atoms with Crippen LogP contribution >= 0.6 is 0 Å². The van der Waals surface area contributed by atoms with Crippen molar-refractivity contribution >= 4 is 8.80 Å². The zero-order valence-electron chi connectivity index (χ0n) is 13.5. The van der Waals surface area contributed by atoms with Gasteiger partial charge in [-0.05, 0) is 25.0 Å². The van der Waals surface area contributed by atoms with E-state index in [1.54, 1.807) is 6.08 Å². The molecule has 0 radical (unpaired) electrons. The van der Waals surface area contributed by atoms with Gasteiger partial charge in [-0.2, -0.15) is 0 Å². The lowest BCUT2D eigenvalue weighted by molar-refractivity contribution is 0.0685. The Labute approximate surface area is 126 Å². The van der Waals surface area contributed by atoms with Crippen LogP contribution in [0, 0.1) is 0 Å². The summed E-state index contributed by atoms with van der Waals surface area (Å²) in [6.45, 7) is 12.3. The van der Waals surface area contributed by atoms with E-state index in [2.05, 4.69) is 27.4 Å². The maximum absolute atomic E-state index is 6.03. The quantitative estimate of drug-likeness (QED) is 0.265. The first-order valence-corrected chi connectivity index (χ1v) is 9.77. The molecule has 20 heavy (non-hydrogen) atoms. The molecule has 0 aliphatic rings. The SMILES string of the molecule is C=CC=C[Si](OCCCC)(OCCCC)OCCCC. The highest BCUT2D eigenvalue weighted by Gasteiger charge is 2.38. The van der Waals surface area contributed by atoms with Crippen LogP contribution in [0.3, 0.4) is 0 Å². The average molecular weight is 301 g/mol. The first-order chi connectivity index (χ1) is 9.74. The van der Waals surface area contributed by atoms with Crippen LogP contribution in [0.25, 0.3) is 0 Å². The van der Waals surface area contributed by atoms with Crippen molar-refractivity contribution < 1.29 is 13.3 Å². The monoisotopic (exact) mass is 300 g/mol. The Morgan fingerprint density at radius 2 is 1.20 bits per heavy atom. The molecular formula is C16H32O3Si. The van der Waals surface area contributed by atoms with Crippen LogP contribution in [-0.2, 0) is 13.3 Å². The second kappa shape index (κ2) is 13.6. The van der Waals surface area contributed by atoms with Crippen molar-refractivity contribution in [3.8, 4) is 0 Å². The molecule has 0 unspecified atom stereocenters. The van der Waals surface area contributed by atoms with E-state index in [0.717, 1.165) is 38.5 Å². The summed E-state index contributed by atoms with van der Waals surface area (Å²) in [6.07, 6.45) is 10.1. The number of hydrogen-bond acceptors (Lipinski definition) is 3. The Balaban J connectivity index is 4.65. The summed E-state index contributed by atoms with van der Waals surface area (Å²) in [6, 6.07) is 0. The lowest BCUT2D eigenvalue weighted by Gasteiger charge is -2.27. The van der Waals surface area contributed by atoms with Gasteiger partial charge in [0.15, 0.2) is 0 Å². The molecule has 0 aliphatic heterocycles. The topological polar surface area (TPSA) is 27.7 Å². The van der Waals surface area contributed by atoms with Crippen molar-refractivity contribution in [2.75, 3.05) is 19.8 Å².